The molecule has 1 aliphatic heterocycles. The van der Waals surface area contributed by atoms with Gasteiger partial charge in [0, 0.05) is 30.3 Å². The summed E-state index contributed by atoms with van der Waals surface area (Å²) in [4.78, 5) is 27.2. The number of hydrogen-bond acceptors (Lipinski definition) is 5. The van der Waals surface area contributed by atoms with Crippen LogP contribution in [0.4, 0.5) is 0 Å². The van der Waals surface area contributed by atoms with Gasteiger partial charge in [0.05, 0.1) is 19.8 Å². The fourth-order valence-electron chi connectivity index (χ4n) is 3.51. The van der Waals surface area contributed by atoms with Gasteiger partial charge >= 0.3 is 11.9 Å². The molecule has 1 heterocycles. The fourth-order valence-corrected chi connectivity index (χ4v) is 3.51. The molecule has 0 unspecified atom stereocenters. The second kappa shape index (κ2) is 11.0. The molecule has 2 aromatic carbocycles. The molecule has 2 aromatic rings. The Morgan fingerprint density at radius 2 is 1.34 bits per heavy atom. The molecule has 1 aliphatic rings. The van der Waals surface area contributed by atoms with Crippen molar-refractivity contribution in [3.05, 3.63) is 83.4 Å². The fraction of sp³-hybridized carbons (Fsp3) is 0.259. The van der Waals surface area contributed by atoms with Crippen LogP contribution in [0.25, 0.3) is 0 Å². The third kappa shape index (κ3) is 5.46. The molecule has 0 aromatic heterocycles. The molecule has 0 atom stereocenters. The number of rotatable bonds is 4. The van der Waals surface area contributed by atoms with Gasteiger partial charge in [-0.3, -0.25) is 4.90 Å². The maximum Gasteiger partial charge on any atom is 0.337 e. The highest BCUT2D eigenvalue weighted by Crippen LogP contribution is 2.30. The van der Waals surface area contributed by atoms with Gasteiger partial charge in [-0.1, -0.05) is 60.1 Å². The van der Waals surface area contributed by atoms with Gasteiger partial charge in [0.1, 0.15) is 0 Å². The Labute approximate surface area is 189 Å². The van der Waals surface area contributed by atoms with E-state index in [0.717, 1.165) is 30.0 Å². The van der Waals surface area contributed by atoms with E-state index in [9.17, 15) is 9.59 Å². The zero-order valence-corrected chi connectivity index (χ0v) is 18.3. The molecule has 1 fully saturated rings. The lowest BCUT2D eigenvalue weighted by Gasteiger charge is -2.34. The number of nitrogens with zero attached hydrogens (tertiary/aromatic N) is 1. The Morgan fingerprint density at radius 1 is 0.844 bits per heavy atom. The number of carbonyl (C=O) groups excluding carboxylic acids is 2. The summed E-state index contributed by atoms with van der Waals surface area (Å²) in [6.07, 6.45) is 3.02. The van der Waals surface area contributed by atoms with E-state index in [0.29, 0.717) is 13.1 Å². The SMILES string of the molecule is COC(=O)/C=C(\C(=O)OC)C(C#Cc1ccccc1)(C#Cc1ccccc1)N1CCCC1. The van der Waals surface area contributed by atoms with Crippen LogP contribution in [0.2, 0.25) is 0 Å². The molecular formula is C27H25NO4. The van der Waals surface area contributed by atoms with Crippen LogP contribution >= 0.6 is 0 Å². The molecule has 0 radical (unpaired) electrons. The van der Waals surface area contributed by atoms with Crippen molar-refractivity contribution < 1.29 is 19.1 Å². The molecule has 162 valence electrons. The Bertz CT molecular complexity index is 1030. The van der Waals surface area contributed by atoms with E-state index in [1.54, 1.807) is 0 Å². The van der Waals surface area contributed by atoms with Crippen LogP contribution in [-0.4, -0.2) is 49.7 Å². The number of hydrogen-bond donors (Lipinski definition) is 0. The normalized spacial score (nSPS) is 13.9. The van der Waals surface area contributed by atoms with Gasteiger partial charge in [0.2, 0.25) is 0 Å². The van der Waals surface area contributed by atoms with Gasteiger partial charge < -0.3 is 9.47 Å². The molecule has 0 saturated carbocycles. The maximum absolute atomic E-state index is 12.9. The molecule has 5 heteroatoms. The predicted octanol–water partition coefficient (Wildman–Crippen LogP) is 3.20. The van der Waals surface area contributed by atoms with Crippen molar-refractivity contribution in [3.8, 4) is 23.7 Å². The molecule has 0 spiro atoms. The van der Waals surface area contributed by atoms with Crippen LogP contribution in [0.5, 0.6) is 0 Å². The van der Waals surface area contributed by atoms with E-state index < -0.39 is 17.5 Å². The Morgan fingerprint density at radius 3 is 1.78 bits per heavy atom. The lowest BCUT2D eigenvalue weighted by molar-refractivity contribution is -0.139. The van der Waals surface area contributed by atoms with Gasteiger partial charge in [-0.2, -0.15) is 0 Å². The van der Waals surface area contributed by atoms with Gasteiger partial charge in [-0.05, 0) is 37.1 Å². The van der Waals surface area contributed by atoms with Crippen LogP contribution in [0.1, 0.15) is 24.0 Å². The average molecular weight is 428 g/mol. The number of likely N-dealkylation sites (tertiary alicyclic amines) is 1. The summed E-state index contributed by atoms with van der Waals surface area (Å²) < 4.78 is 9.87. The zero-order chi connectivity index (χ0) is 22.8. The average Bonchev–Trinajstić information content (AvgIpc) is 3.39. The van der Waals surface area contributed by atoms with Gasteiger partial charge in [-0.15, -0.1) is 0 Å². The van der Waals surface area contributed by atoms with E-state index in [1.165, 1.54) is 14.2 Å². The predicted molar refractivity (Wildman–Crippen MR) is 122 cm³/mol. The van der Waals surface area contributed by atoms with Crippen LogP contribution in [0, 0.1) is 23.7 Å². The van der Waals surface area contributed by atoms with Gasteiger partial charge in [-0.25, -0.2) is 9.59 Å². The molecule has 3 rings (SSSR count). The van der Waals surface area contributed by atoms with E-state index >= 15 is 0 Å². The maximum atomic E-state index is 12.9. The van der Waals surface area contributed by atoms with Crippen LogP contribution in [0.15, 0.2) is 72.3 Å². The van der Waals surface area contributed by atoms with Crippen molar-refractivity contribution in [2.45, 2.75) is 18.4 Å². The van der Waals surface area contributed by atoms with Crippen molar-refractivity contribution in [2.24, 2.45) is 0 Å². The summed E-state index contributed by atoms with van der Waals surface area (Å²) >= 11 is 0. The molecule has 0 bridgehead atoms. The molecule has 1 saturated heterocycles. The minimum Gasteiger partial charge on any atom is -0.466 e. The summed E-state index contributed by atoms with van der Waals surface area (Å²) in [6, 6.07) is 18.9. The lowest BCUT2D eigenvalue weighted by atomic mass is 9.87. The minimum absolute atomic E-state index is 0.0422. The Balaban J connectivity index is 2.28. The number of carbonyl (C=O) groups is 2. The number of benzene rings is 2. The minimum atomic E-state index is -1.34. The zero-order valence-electron chi connectivity index (χ0n) is 18.3. The molecule has 0 aliphatic carbocycles. The van der Waals surface area contributed by atoms with Crippen LogP contribution in [-0.2, 0) is 19.1 Å². The topological polar surface area (TPSA) is 55.8 Å². The first-order valence-electron chi connectivity index (χ1n) is 10.4. The first kappa shape index (κ1) is 22.9. The third-order valence-electron chi connectivity index (χ3n) is 5.16. The van der Waals surface area contributed by atoms with Crippen molar-refractivity contribution in [2.75, 3.05) is 27.3 Å². The Hall–Kier alpha value is -3.80. The third-order valence-corrected chi connectivity index (χ3v) is 5.16. The van der Waals surface area contributed by atoms with E-state index in [1.807, 2.05) is 65.6 Å². The smallest absolute Gasteiger partial charge is 0.337 e. The van der Waals surface area contributed by atoms with Gasteiger partial charge in [0.25, 0.3) is 0 Å². The Kier molecular flexibility index (Phi) is 7.86. The highest BCUT2D eigenvalue weighted by atomic mass is 16.5. The summed E-state index contributed by atoms with van der Waals surface area (Å²) in [5.74, 6) is 11.4. The van der Waals surface area contributed by atoms with Crippen molar-refractivity contribution in [1.29, 1.82) is 0 Å². The van der Waals surface area contributed by atoms with E-state index in [2.05, 4.69) is 23.7 Å². The number of esters is 2. The summed E-state index contributed by atoms with van der Waals surface area (Å²) in [7, 11) is 2.54. The molecule has 0 N–H and O–H groups in total. The van der Waals surface area contributed by atoms with Gasteiger partial charge in [0.15, 0.2) is 5.54 Å². The quantitative estimate of drug-likeness (QED) is 0.426. The van der Waals surface area contributed by atoms with E-state index in [4.69, 9.17) is 9.47 Å². The lowest BCUT2D eigenvalue weighted by Crippen LogP contribution is -2.49. The monoisotopic (exact) mass is 427 g/mol. The molecular weight excluding hydrogens is 402 g/mol. The number of ether oxygens (including phenoxy) is 2. The highest BCUT2D eigenvalue weighted by Gasteiger charge is 2.43. The largest absolute Gasteiger partial charge is 0.466 e. The second-order valence-corrected chi connectivity index (χ2v) is 7.21. The van der Waals surface area contributed by atoms with Crippen molar-refractivity contribution in [3.63, 3.8) is 0 Å². The first-order valence-corrected chi connectivity index (χ1v) is 10.4. The summed E-state index contributed by atoms with van der Waals surface area (Å²) in [5, 5.41) is 0. The van der Waals surface area contributed by atoms with Crippen molar-refractivity contribution >= 4 is 11.9 Å². The van der Waals surface area contributed by atoms with Crippen LogP contribution < -0.4 is 0 Å². The second-order valence-electron chi connectivity index (χ2n) is 7.21. The highest BCUT2D eigenvalue weighted by molar-refractivity contribution is 6.00. The molecule has 5 nitrogen and oxygen atoms in total. The standard InChI is InChI=1S/C27H25NO4/c1-31-25(29)21-24(26(30)32-2)27(28-19-9-10-20-28,17-15-22-11-5-3-6-12-22)18-16-23-13-7-4-8-14-23/h3-8,11-14,21H,9-10,19-20H2,1-2H3/b24-21+. The van der Waals surface area contributed by atoms with E-state index in [-0.39, 0.29) is 5.57 Å². The first-order chi connectivity index (χ1) is 15.6. The number of methoxy groups -OCH3 is 2. The van der Waals surface area contributed by atoms with Crippen LogP contribution in [0.3, 0.4) is 0 Å². The molecule has 0 amide bonds. The van der Waals surface area contributed by atoms with Crippen molar-refractivity contribution in [1.82, 2.24) is 4.90 Å². The molecule has 32 heavy (non-hydrogen) atoms. The summed E-state index contributed by atoms with van der Waals surface area (Å²) in [6.45, 7) is 1.37. The summed E-state index contributed by atoms with van der Waals surface area (Å²) in [5.41, 5.74) is 0.254.